The van der Waals surface area contributed by atoms with Crippen molar-refractivity contribution >= 4 is 40.7 Å². The van der Waals surface area contributed by atoms with Gasteiger partial charge in [-0.05, 0) is 63.1 Å². The van der Waals surface area contributed by atoms with E-state index in [1.165, 1.54) is 6.07 Å². The maximum absolute atomic E-state index is 13.3. The monoisotopic (exact) mass is 776 g/mol. The lowest BCUT2D eigenvalue weighted by Crippen LogP contribution is -2.51. The van der Waals surface area contributed by atoms with Gasteiger partial charge in [-0.15, -0.1) is 0 Å². The molecule has 6 heterocycles. The molecule has 3 saturated heterocycles. The van der Waals surface area contributed by atoms with Crippen LogP contribution >= 0.6 is 0 Å². The van der Waals surface area contributed by atoms with Gasteiger partial charge >= 0.3 is 6.18 Å². The number of rotatable bonds is 10. The maximum Gasteiger partial charge on any atom is 0.433 e. The number of carbonyl (C=O) groups is 4. The van der Waals surface area contributed by atoms with Crippen molar-refractivity contribution in [2.45, 2.75) is 63.8 Å². The highest BCUT2D eigenvalue weighted by atomic mass is 19.4. The molecule has 3 aliphatic rings. The van der Waals surface area contributed by atoms with E-state index >= 15 is 0 Å². The SMILES string of the molecule is CC(C)Oc1cc2nc(C3CCN(C(=O)CN4CCN(c5ccc(OC6CCC(=O)NC6=O)cc5)CC4)CC3)cn2cc1NC(=O)c1cccc(C(F)(F)F)n1. The number of ether oxygens (including phenoxy) is 2. The van der Waals surface area contributed by atoms with Gasteiger partial charge in [-0.25, -0.2) is 9.97 Å². The lowest BCUT2D eigenvalue weighted by molar-refractivity contribution is -0.141. The van der Waals surface area contributed by atoms with Crippen LogP contribution in [0.5, 0.6) is 11.5 Å². The standard InChI is InChI=1S/C39H43F3N8O6/c1-24(2)55-32-20-34-44-29(21-50(34)22-30(32)45-37(53)28-4-3-5-33(43-28)39(40,41)42)25-12-14-49(15-13-25)36(52)23-47-16-18-48(19-17-47)26-6-8-27(9-7-26)56-31-10-11-35(51)46-38(31)54/h3-9,20-22,24-25,31H,10-19,23H2,1-2H3,(H,45,53)(H,46,51,54). The van der Waals surface area contributed by atoms with Gasteiger partial charge in [0.25, 0.3) is 11.8 Å². The molecule has 0 spiro atoms. The predicted octanol–water partition coefficient (Wildman–Crippen LogP) is 4.50. The Kier molecular flexibility index (Phi) is 11.1. The Morgan fingerprint density at radius 3 is 2.36 bits per heavy atom. The summed E-state index contributed by atoms with van der Waals surface area (Å²) in [5, 5.41) is 4.96. The first-order chi connectivity index (χ1) is 26.8. The summed E-state index contributed by atoms with van der Waals surface area (Å²) in [5.41, 5.74) is 1.16. The molecule has 3 fully saturated rings. The molecular formula is C39H43F3N8O6. The van der Waals surface area contributed by atoms with Crippen LogP contribution in [-0.2, 0) is 20.6 Å². The number of alkyl halides is 3. The second kappa shape index (κ2) is 16.2. The zero-order valence-corrected chi connectivity index (χ0v) is 31.1. The minimum atomic E-state index is -4.69. The van der Waals surface area contributed by atoms with Crippen LogP contribution in [0, 0.1) is 0 Å². The molecular weight excluding hydrogens is 733 g/mol. The summed E-state index contributed by atoms with van der Waals surface area (Å²) < 4.78 is 53.1. The number of carbonyl (C=O) groups excluding carboxylic acids is 4. The highest BCUT2D eigenvalue weighted by Crippen LogP contribution is 2.33. The Morgan fingerprint density at radius 2 is 1.68 bits per heavy atom. The quantitative estimate of drug-likeness (QED) is 0.221. The molecule has 0 saturated carbocycles. The van der Waals surface area contributed by atoms with Crippen molar-refractivity contribution < 1.29 is 41.8 Å². The average Bonchev–Trinajstić information content (AvgIpc) is 3.59. The van der Waals surface area contributed by atoms with E-state index in [0.717, 1.165) is 62.5 Å². The number of nitrogens with one attached hydrogen (secondary N) is 2. The fourth-order valence-corrected chi connectivity index (χ4v) is 7.15. The van der Waals surface area contributed by atoms with Crippen molar-refractivity contribution in [1.29, 1.82) is 0 Å². The summed E-state index contributed by atoms with van der Waals surface area (Å²) in [7, 11) is 0. The number of hydrogen-bond donors (Lipinski definition) is 2. The van der Waals surface area contributed by atoms with Gasteiger partial charge in [-0.1, -0.05) is 6.07 Å². The molecule has 14 nitrogen and oxygen atoms in total. The van der Waals surface area contributed by atoms with E-state index in [0.29, 0.717) is 43.2 Å². The van der Waals surface area contributed by atoms with Crippen LogP contribution in [0.1, 0.15) is 67.3 Å². The van der Waals surface area contributed by atoms with Crippen LogP contribution in [0.2, 0.25) is 0 Å². The maximum atomic E-state index is 13.3. The molecule has 1 aromatic carbocycles. The van der Waals surface area contributed by atoms with E-state index < -0.39 is 29.8 Å². The topological polar surface area (TPSA) is 151 Å². The Hall–Kier alpha value is -5.71. The molecule has 0 radical (unpaired) electrons. The predicted molar refractivity (Wildman–Crippen MR) is 199 cm³/mol. The van der Waals surface area contributed by atoms with Gasteiger partial charge in [0, 0.05) is 82.2 Å². The van der Waals surface area contributed by atoms with Gasteiger partial charge in [0.15, 0.2) is 6.10 Å². The van der Waals surface area contributed by atoms with Crippen LogP contribution in [0.25, 0.3) is 5.65 Å². The Balaban J connectivity index is 0.907. The smallest absolute Gasteiger partial charge is 0.433 e. The number of hydrogen-bond acceptors (Lipinski definition) is 10. The highest BCUT2D eigenvalue weighted by molar-refractivity contribution is 6.03. The molecule has 56 heavy (non-hydrogen) atoms. The molecule has 2 N–H and O–H groups in total. The van der Waals surface area contributed by atoms with E-state index in [9.17, 15) is 32.3 Å². The Labute approximate surface area is 320 Å². The van der Waals surface area contributed by atoms with Gasteiger partial charge in [0.05, 0.1) is 18.3 Å². The molecule has 3 aromatic heterocycles. The average molecular weight is 777 g/mol. The summed E-state index contributed by atoms with van der Waals surface area (Å²) in [4.78, 5) is 64.4. The minimum Gasteiger partial charge on any atom is -0.489 e. The number of likely N-dealkylation sites (tertiary alicyclic amines) is 1. The van der Waals surface area contributed by atoms with Crippen molar-refractivity contribution in [3.05, 3.63) is 78.0 Å². The van der Waals surface area contributed by atoms with Gasteiger partial charge < -0.3 is 29.0 Å². The van der Waals surface area contributed by atoms with Crippen LogP contribution in [-0.4, -0.2) is 106 Å². The molecule has 4 amide bonds. The van der Waals surface area contributed by atoms with Crippen molar-refractivity contribution in [2.75, 3.05) is 56.0 Å². The number of nitrogens with zero attached hydrogens (tertiary/aromatic N) is 6. The number of aromatic nitrogens is 3. The van der Waals surface area contributed by atoms with Gasteiger partial charge in [0.1, 0.15) is 34.2 Å². The van der Waals surface area contributed by atoms with E-state index in [4.69, 9.17) is 14.5 Å². The first kappa shape index (κ1) is 38.6. The fourth-order valence-electron chi connectivity index (χ4n) is 7.15. The van der Waals surface area contributed by atoms with E-state index in [1.807, 2.05) is 49.2 Å². The Morgan fingerprint density at radius 1 is 0.946 bits per heavy atom. The first-order valence-corrected chi connectivity index (χ1v) is 18.7. The van der Waals surface area contributed by atoms with Crippen molar-refractivity contribution in [3.8, 4) is 11.5 Å². The number of fused-ring (bicyclic) bond motifs is 1. The third kappa shape index (κ3) is 9.04. The second-order valence-electron chi connectivity index (χ2n) is 14.5. The molecule has 0 bridgehead atoms. The summed E-state index contributed by atoms with van der Waals surface area (Å²) in [5.74, 6) is -0.432. The lowest BCUT2D eigenvalue weighted by atomic mass is 9.94. The van der Waals surface area contributed by atoms with Crippen molar-refractivity contribution in [3.63, 3.8) is 0 Å². The van der Waals surface area contributed by atoms with Gasteiger partial charge in [-0.2, -0.15) is 13.2 Å². The largest absolute Gasteiger partial charge is 0.489 e. The number of pyridine rings is 2. The van der Waals surface area contributed by atoms with Crippen molar-refractivity contribution in [1.82, 2.24) is 29.5 Å². The third-order valence-electron chi connectivity index (χ3n) is 10.1. The molecule has 7 rings (SSSR count). The van der Waals surface area contributed by atoms with Gasteiger partial charge in [-0.3, -0.25) is 29.4 Å². The summed E-state index contributed by atoms with van der Waals surface area (Å²) in [6, 6.07) is 12.4. The number of anilines is 2. The zero-order valence-electron chi connectivity index (χ0n) is 31.1. The Bertz CT molecular complexity index is 2090. The number of amides is 4. The molecule has 1 unspecified atom stereocenters. The second-order valence-corrected chi connectivity index (χ2v) is 14.5. The number of imide groups is 1. The van der Waals surface area contributed by atoms with E-state index in [2.05, 4.69) is 25.4 Å². The van der Waals surface area contributed by atoms with Gasteiger partial charge in [0.2, 0.25) is 11.8 Å². The van der Waals surface area contributed by atoms with Crippen LogP contribution in [0.4, 0.5) is 24.5 Å². The minimum absolute atomic E-state index is 0.0907. The third-order valence-corrected chi connectivity index (χ3v) is 10.1. The molecule has 4 aromatic rings. The van der Waals surface area contributed by atoms with Crippen LogP contribution < -0.4 is 25.0 Å². The number of piperazine rings is 1. The molecule has 1 atom stereocenters. The van der Waals surface area contributed by atoms with Crippen molar-refractivity contribution in [2.24, 2.45) is 0 Å². The normalized spacial score (nSPS) is 18.6. The van der Waals surface area contributed by atoms with Crippen LogP contribution in [0.15, 0.2) is 60.9 Å². The van der Waals surface area contributed by atoms with E-state index in [1.54, 1.807) is 16.7 Å². The summed E-state index contributed by atoms with van der Waals surface area (Å²) >= 11 is 0. The molecule has 3 aliphatic heterocycles. The number of benzene rings is 1. The summed E-state index contributed by atoms with van der Waals surface area (Å²) in [6.07, 6.45) is -0.0683. The van der Waals surface area contributed by atoms with Crippen LogP contribution in [0.3, 0.4) is 0 Å². The lowest BCUT2D eigenvalue weighted by Gasteiger charge is -2.37. The fraction of sp³-hybridized carbons (Fsp3) is 0.436. The molecule has 296 valence electrons. The number of imidazole rings is 1. The number of halogens is 3. The first-order valence-electron chi connectivity index (χ1n) is 18.7. The number of piperidine rings is 2. The summed E-state index contributed by atoms with van der Waals surface area (Å²) in [6.45, 7) is 8.16. The van der Waals surface area contributed by atoms with E-state index in [-0.39, 0.29) is 41.6 Å². The molecule has 0 aliphatic carbocycles. The highest BCUT2D eigenvalue weighted by Gasteiger charge is 2.33. The zero-order chi connectivity index (χ0) is 39.6. The molecule has 17 heteroatoms.